The minimum Gasteiger partial charge on any atom is -0.445 e. The van der Waals surface area contributed by atoms with Crippen molar-refractivity contribution in [2.24, 2.45) is 11.8 Å². The first-order valence-corrected chi connectivity index (χ1v) is 9.77. The Labute approximate surface area is 168 Å². The van der Waals surface area contributed by atoms with E-state index in [9.17, 15) is 22.8 Å². The molecule has 0 bridgehead atoms. The molecule has 1 heterocycles. The fourth-order valence-electron chi connectivity index (χ4n) is 4.09. The number of piperidine rings is 1. The standard InChI is InChI=1S/C22H24F3NO3/c1-2-18-19(27)12-13-26(21(28)29-14-15-6-4-3-5-7-15)20(18)16-8-10-17(11-9-16)22(23,24)25/h3-8,10-11,16,18,20H,2,9,12-14H2,1H3/t16?,18-,20+/m1/s1. The van der Waals surface area contributed by atoms with Crippen molar-refractivity contribution in [1.29, 1.82) is 0 Å². The van der Waals surface area contributed by atoms with Crippen LogP contribution in [0.25, 0.3) is 0 Å². The molecule has 1 aromatic carbocycles. The average Bonchev–Trinajstić information content (AvgIpc) is 2.72. The van der Waals surface area contributed by atoms with E-state index in [2.05, 4.69) is 0 Å². The molecular formula is C22H24F3NO3. The molecule has 1 unspecified atom stereocenters. The summed E-state index contributed by atoms with van der Waals surface area (Å²) in [5.74, 6) is -0.730. The van der Waals surface area contributed by atoms with Crippen LogP contribution in [0.2, 0.25) is 0 Å². The van der Waals surface area contributed by atoms with Crippen LogP contribution in [0, 0.1) is 11.8 Å². The second kappa shape index (κ2) is 8.84. The second-order valence-corrected chi connectivity index (χ2v) is 7.37. The SMILES string of the molecule is CC[C@@H]1C(=O)CCN(C(=O)OCc2ccccc2)[C@H]1C1C=CC(C(F)(F)F)=CC1. The lowest BCUT2D eigenvalue weighted by molar-refractivity contribution is -0.129. The number of rotatable bonds is 4. The van der Waals surface area contributed by atoms with E-state index < -0.39 is 29.8 Å². The van der Waals surface area contributed by atoms with Gasteiger partial charge in [0.15, 0.2) is 0 Å². The monoisotopic (exact) mass is 407 g/mol. The molecule has 3 rings (SSSR count). The zero-order chi connectivity index (χ0) is 21.0. The van der Waals surface area contributed by atoms with Crippen LogP contribution >= 0.6 is 0 Å². The number of likely N-dealkylation sites (tertiary alicyclic amines) is 1. The lowest BCUT2D eigenvalue weighted by Gasteiger charge is -2.43. The zero-order valence-corrected chi connectivity index (χ0v) is 16.2. The molecule has 0 N–H and O–H groups in total. The number of carbonyl (C=O) groups is 2. The van der Waals surface area contributed by atoms with Crippen molar-refractivity contribution in [2.45, 2.75) is 45.0 Å². The number of alkyl halides is 3. The maximum absolute atomic E-state index is 12.9. The van der Waals surface area contributed by atoms with Gasteiger partial charge in [-0.15, -0.1) is 0 Å². The van der Waals surface area contributed by atoms with Gasteiger partial charge in [0.1, 0.15) is 12.4 Å². The van der Waals surface area contributed by atoms with Crippen LogP contribution in [0.3, 0.4) is 0 Å². The molecule has 1 amide bonds. The van der Waals surface area contributed by atoms with Crippen LogP contribution in [0.5, 0.6) is 0 Å². The summed E-state index contributed by atoms with van der Waals surface area (Å²) in [5, 5.41) is 0. The largest absolute Gasteiger partial charge is 0.445 e. The van der Waals surface area contributed by atoms with Crippen LogP contribution in [0.1, 0.15) is 31.7 Å². The molecule has 1 fully saturated rings. The molecule has 1 saturated heterocycles. The number of carbonyl (C=O) groups excluding carboxylic acids is 2. The maximum Gasteiger partial charge on any atom is 0.416 e. The molecule has 1 aliphatic carbocycles. The number of benzene rings is 1. The third-order valence-corrected chi connectivity index (χ3v) is 5.56. The van der Waals surface area contributed by atoms with Gasteiger partial charge in [0, 0.05) is 24.8 Å². The summed E-state index contributed by atoms with van der Waals surface area (Å²) in [6.45, 7) is 2.18. The molecule has 7 heteroatoms. The predicted octanol–water partition coefficient (Wildman–Crippen LogP) is 5.06. The molecule has 0 spiro atoms. The quantitative estimate of drug-likeness (QED) is 0.701. The van der Waals surface area contributed by atoms with Crippen molar-refractivity contribution in [1.82, 2.24) is 4.90 Å². The van der Waals surface area contributed by atoms with Crippen molar-refractivity contribution >= 4 is 11.9 Å². The zero-order valence-electron chi connectivity index (χ0n) is 16.2. The molecule has 2 aliphatic rings. The van der Waals surface area contributed by atoms with E-state index in [0.29, 0.717) is 6.42 Å². The number of ketones is 1. The van der Waals surface area contributed by atoms with Crippen molar-refractivity contribution in [3.8, 4) is 0 Å². The van der Waals surface area contributed by atoms with E-state index >= 15 is 0 Å². The number of Topliss-reactive ketones (excluding diaryl/α,β-unsaturated/α-hetero) is 1. The predicted molar refractivity (Wildman–Crippen MR) is 102 cm³/mol. The Balaban J connectivity index is 1.76. The summed E-state index contributed by atoms with van der Waals surface area (Å²) in [7, 11) is 0. The van der Waals surface area contributed by atoms with E-state index in [1.165, 1.54) is 11.0 Å². The van der Waals surface area contributed by atoms with Gasteiger partial charge in [-0.2, -0.15) is 13.2 Å². The molecular weight excluding hydrogens is 383 g/mol. The normalized spacial score (nSPS) is 25.0. The molecule has 0 saturated carbocycles. The highest BCUT2D eigenvalue weighted by atomic mass is 19.4. The maximum atomic E-state index is 12.9. The van der Waals surface area contributed by atoms with E-state index in [0.717, 1.165) is 17.7 Å². The lowest BCUT2D eigenvalue weighted by atomic mass is 9.76. The van der Waals surface area contributed by atoms with Gasteiger partial charge in [-0.1, -0.05) is 55.5 Å². The lowest BCUT2D eigenvalue weighted by Crippen LogP contribution is -2.55. The van der Waals surface area contributed by atoms with Gasteiger partial charge in [-0.05, 0) is 18.4 Å². The Bertz CT molecular complexity index is 801. The smallest absolute Gasteiger partial charge is 0.416 e. The Hall–Kier alpha value is -2.57. The summed E-state index contributed by atoms with van der Waals surface area (Å²) in [5.41, 5.74) is 0.148. The van der Waals surface area contributed by atoms with E-state index in [4.69, 9.17) is 4.74 Å². The average molecular weight is 407 g/mol. The van der Waals surface area contributed by atoms with E-state index in [1.54, 1.807) is 0 Å². The molecule has 3 atom stereocenters. The molecule has 1 aliphatic heterocycles. The summed E-state index contributed by atoms with van der Waals surface area (Å²) < 4.78 is 44.2. The fourth-order valence-corrected chi connectivity index (χ4v) is 4.09. The number of hydrogen-bond donors (Lipinski definition) is 0. The van der Waals surface area contributed by atoms with Gasteiger partial charge in [0.05, 0.1) is 11.6 Å². The minimum atomic E-state index is -4.40. The number of halogens is 3. The van der Waals surface area contributed by atoms with Crippen molar-refractivity contribution < 1.29 is 27.5 Å². The van der Waals surface area contributed by atoms with Gasteiger partial charge < -0.3 is 9.64 Å². The van der Waals surface area contributed by atoms with Gasteiger partial charge in [-0.25, -0.2) is 4.79 Å². The van der Waals surface area contributed by atoms with Crippen LogP contribution in [0.4, 0.5) is 18.0 Å². The Kier molecular flexibility index (Phi) is 6.45. The Morgan fingerprint density at radius 2 is 1.97 bits per heavy atom. The Morgan fingerprint density at radius 1 is 1.24 bits per heavy atom. The summed E-state index contributed by atoms with van der Waals surface area (Å²) in [4.78, 5) is 26.8. The highest BCUT2D eigenvalue weighted by Gasteiger charge is 2.43. The Morgan fingerprint density at radius 3 is 2.55 bits per heavy atom. The first-order valence-electron chi connectivity index (χ1n) is 9.77. The molecule has 29 heavy (non-hydrogen) atoms. The number of amides is 1. The van der Waals surface area contributed by atoms with Crippen molar-refractivity contribution in [3.05, 3.63) is 59.7 Å². The number of hydrogen-bond acceptors (Lipinski definition) is 3. The minimum absolute atomic E-state index is 0.0450. The van der Waals surface area contributed by atoms with E-state index in [-0.39, 0.29) is 37.7 Å². The third kappa shape index (κ3) is 4.89. The number of allylic oxidation sites excluding steroid dienone is 3. The highest BCUT2D eigenvalue weighted by molar-refractivity contribution is 5.84. The van der Waals surface area contributed by atoms with Gasteiger partial charge in [-0.3, -0.25) is 4.79 Å². The summed E-state index contributed by atoms with van der Waals surface area (Å²) in [6.07, 6.45) is -0.389. The highest BCUT2D eigenvalue weighted by Crippen LogP contribution is 2.37. The van der Waals surface area contributed by atoms with Gasteiger partial charge in [0.25, 0.3) is 0 Å². The van der Waals surface area contributed by atoms with Crippen LogP contribution in [-0.4, -0.2) is 35.5 Å². The first-order chi connectivity index (χ1) is 13.8. The van der Waals surface area contributed by atoms with Crippen LogP contribution in [-0.2, 0) is 16.1 Å². The number of nitrogens with zero attached hydrogens (tertiary/aromatic N) is 1. The summed E-state index contributed by atoms with van der Waals surface area (Å²) in [6, 6.07) is 8.72. The summed E-state index contributed by atoms with van der Waals surface area (Å²) >= 11 is 0. The van der Waals surface area contributed by atoms with Crippen LogP contribution in [0.15, 0.2) is 54.1 Å². The van der Waals surface area contributed by atoms with Crippen molar-refractivity contribution in [2.75, 3.05) is 6.54 Å². The molecule has 1 aromatic rings. The molecule has 156 valence electrons. The van der Waals surface area contributed by atoms with E-state index in [1.807, 2.05) is 37.3 Å². The van der Waals surface area contributed by atoms with Crippen molar-refractivity contribution in [3.63, 3.8) is 0 Å². The topological polar surface area (TPSA) is 46.6 Å². The third-order valence-electron chi connectivity index (χ3n) is 5.56. The second-order valence-electron chi connectivity index (χ2n) is 7.37. The molecule has 0 radical (unpaired) electrons. The first kappa shape index (κ1) is 21.1. The number of ether oxygens (including phenoxy) is 1. The van der Waals surface area contributed by atoms with Crippen LogP contribution < -0.4 is 0 Å². The fraction of sp³-hybridized carbons (Fsp3) is 0.455. The van der Waals surface area contributed by atoms with Gasteiger partial charge in [0.2, 0.25) is 0 Å². The molecule has 0 aromatic heterocycles. The van der Waals surface area contributed by atoms with Gasteiger partial charge >= 0.3 is 12.3 Å². The molecule has 4 nitrogen and oxygen atoms in total.